The number of benzene rings is 10. The molecule has 0 radical (unpaired) electrons. The number of rotatable bonds is 9. The van der Waals surface area contributed by atoms with E-state index in [1.54, 1.807) is 0 Å². The van der Waals surface area contributed by atoms with Crippen LogP contribution in [0.2, 0.25) is 0 Å². The molecule has 378 valence electrons. The van der Waals surface area contributed by atoms with E-state index in [0.717, 1.165) is 48.5 Å². The van der Waals surface area contributed by atoms with Gasteiger partial charge in [0.1, 0.15) is 0 Å². The quantitative estimate of drug-likeness (QED) is 0.0998. The topological polar surface area (TPSA) is 0 Å². The molecule has 0 unspecified atom stereocenters. The maximum Gasteiger partial charge on any atom is 0.170 e. The SMILES string of the molecule is Fc1c(F)c(-c2cc(-c3cc(-c4c(F)c(F)c(-c5ccccc5)c(F)c4F)cc(-c4c(F)c(F)c(-c5ccccc5)c(F)c4F)c3)cc(-c3c(F)c(F)c(-c4ccccc4)c(F)c3F)c2)c(F)c(F)c1-c1ccccc1. The summed E-state index contributed by atoms with van der Waals surface area (Å²) in [6, 6.07) is 27.8. The van der Waals surface area contributed by atoms with Crippen molar-refractivity contribution in [3.05, 3.63) is 251 Å². The Labute approximate surface area is 420 Å². The van der Waals surface area contributed by atoms with Gasteiger partial charge in [-0.2, -0.15) is 0 Å². The lowest BCUT2D eigenvalue weighted by Gasteiger charge is -2.19. The standard InChI is InChI=1S/C60H26F16/c61-45-37(27-13-5-1-6-14-27)46(62)54(70)41(53(45)69)33-21-31(22-34(25-33)42-55(71)47(63)38(48(64)56(42)72)28-15-7-2-8-16-28)32-23-35(43-57(73)49(65)39(50(66)58(43)74)29-17-9-3-10-18-29)26-36(24-32)44-59(75)51(67)40(52(68)60(44)76)30-19-11-4-12-20-30/h1-26H. The van der Waals surface area contributed by atoms with E-state index in [0.29, 0.717) is 36.4 Å². The third-order valence-electron chi connectivity index (χ3n) is 12.7. The summed E-state index contributed by atoms with van der Waals surface area (Å²) in [6.07, 6.45) is 0. The van der Waals surface area contributed by atoms with Crippen LogP contribution in [0.3, 0.4) is 0 Å². The van der Waals surface area contributed by atoms with E-state index in [2.05, 4.69) is 0 Å². The van der Waals surface area contributed by atoms with Crippen molar-refractivity contribution >= 4 is 0 Å². The minimum atomic E-state index is -2.16. The molecule has 0 saturated heterocycles. The fraction of sp³-hybridized carbons (Fsp3) is 0. The van der Waals surface area contributed by atoms with Crippen LogP contribution < -0.4 is 0 Å². The van der Waals surface area contributed by atoms with E-state index in [1.807, 2.05) is 0 Å². The highest BCUT2D eigenvalue weighted by Crippen LogP contribution is 2.47. The molecule has 16 heteroatoms. The fourth-order valence-corrected chi connectivity index (χ4v) is 9.14. The van der Waals surface area contributed by atoms with E-state index in [4.69, 9.17) is 0 Å². The molecule has 0 fully saturated rings. The molecule has 0 aliphatic carbocycles. The van der Waals surface area contributed by atoms with Crippen molar-refractivity contribution in [1.82, 2.24) is 0 Å². The Morgan fingerprint density at radius 1 is 0.132 bits per heavy atom. The number of hydrogen-bond acceptors (Lipinski definition) is 0. The molecule has 0 aliphatic heterocycles. The summed E-state index contributed by atoms with van der Waals surface area (Å²) in [5.74, 6) is -33.5. The molecule has 0 amide bonds. The first-order valence-corrected chi connectivity index (χ1v) is 22.4. The Hall–Kier alpha value is -8.92. The van der Waals surface area contributed by atoms with Gasteiger partial charge >= 0.3 is 0 Å². The lowest BCUT2D eigenvalue weighted by Crippen LogP contribution is -2.06. The van der Waals surface area contributed by atoms with Crippen molar-refractivity contribution < 1.29 is 70.2 Å². The van der Waals surface area contributed by atoms with E-state index < -0.39 is 171 Å². The van der Waals surface area contributed by atoms with Crippen LogP contribution in [0.1, 0.15) is 0 Å². The fourth-order valence-electron chi connectivity index (χ4n) is 9.14. The van der Waals surface area contributed by atoms with Gasteiger partial charge in [0.25, 0.3) is 0 Å². The van der Waals surface area contributed by atoms with Crippen LogP contribution in [0.5, 0.6) is 0 Å². The van der Waals surface area contributed by atoms with Crippen molar-refractivity contribution in [2.24, 2.45) is 0 Å². The van der Waals surface area contributed by atoms with Crippen molar-refractivity contribution in [3.63, 3.8) is 0 Å². The Kier molecular flexibility index (Phi) is 13.1. The molecule has 10 aromatic carbocycles. The summed E-state index contributed by atoms with van der Waals surface area (Å²) in [4.78, 5) is 0. The van der Waals surface area contributed by atoms with Crippen LogP contribution in [0, 0.1) is 93.1 Å². The molecule has 0 aromatic heterocycles. The normalized spacial score (nSPS) is 11.4. The molecular weight excluding hydrogens is 1020 g/mol. The van der Waals surface area contributed by atoms with Crippen LogP contribution in [-0.2, 0) is 0 Å². The Bertz CT molecular complexity index is 3350. The second-order valence-electron chi connectivity index (χ2n) is 17.1. The van der Waals surface area contributed by atoms with Crippen LogP contribution in [0.25, 0.3) is 100 Å². The van der Waals surface area contributed by atoms with Crippen LogP contribution in [0.15, 0.2) is 158 Å². The highest BCUT2D eigenvalue weighted by Gasteiger charge is 2.34. The second-order valence-corrected chi connectivity index (χ2v) is 17.1. The molecule has 0 saturated carbocycles. The van der Waals surface area contributed by atoms with Gasteiger partial charge in [-0.25, -0.2) is 70.2 Å². The second kappa shape index (κ2) is 19.7. The van der Waals surface area contributed by atoms with E-state index >= 15 is 70.2 Å². The minimum absolute atomic E-state index is 0.373. The van der Waals surface area contributed by atoms with Gasteiger partial charge in [-0.1, -0.05) is 121 Å². The third kappa shape index (κ3) is 8.33. The molecule has 0 atom stereocenters. The van der Waals surface area contributed by atoms with Crippen molar-refractivity contribution in [2.45, 2.75) is 0 Å². The highest BCUT2D eigenvalue weighted by molar-refractivity contribution is 5.89. The lowest BCUT2D eigenvalue weighted by molar-refractivity contribution is 0.462. The van der Waals surface area contributed by atoms with Gasteiger partial charge in [0.15, 0.2) is 93.1 Å². The van der Waals surface area contributed by atoms with Gasteiger partial charge in [0, 0.05) is 0 Å². The van der Waals surface area contributed by atoms with Gasteiger partial charge in [0.05, 0.1) is 44.5 Å². The first-order chi connectivity index (χ1) is 36.4. The smallest absolute Gasteiger partial charge is 0.170 e. The van der Waals surface area contributed by atoms with Gasteiger partial charge in [-0.3, -0.25) is 0 Å². The van der Waals surface area contributed by atoms with Crippen molar-refractivity contribution in [2.75, 3.05) is 0 Å². The largest absolute Gasteiger partial charge is 0.203 e. The Morgan fingerprint density at radius 3 is 0.395 bits per heavy atom. The molecule has 0 spiro atoms. The molecule has 10 aromatic rings. The van der Waals surface area contributed by atoms with E-state index in [9.17, 15) is 0 Å². The monoisotopic (exact) mass is 1050 g/mol. The van der Waals surface area contributed by atoms with Crippen LogP contribution in [-0.4, -0.2) is 0 Å². The maximum atomic E-state index is 16.5. The number of hydrogen-bond donors (Lipinski definition) is 0. The molecule has 76 heavy (non-hydrogen) atoms. The molecule has 0 heterocycles. The predicted molar refractivity (Wildman–Crippen MR) is 255 cm³/mol. The zero-order valence-electron chi connectivity index (χ0n) is 38.1. The minimum Gasteiger partial charge on any atom is -0.203 e. The average molecular weight is 1050 g/mol. The van der Waals surface area contributed by atoms with E-state index in [1.165, 1.54) is 72.8 Å². The maximum absolute atomic E-state index is 16.5. The van der Waals surface area contributed by atoms with Crippen LogP contribution >= 0.6 is 0 Å². The molecule has 0 bridgehead atoms. The summed E-state index contributed by atoms with van der Waals surface area (Å²) in [6.45, 7) is 0. The molecule has 0 nitrogen and oxygen atoms in total. The first kappa shape index (κ1) is 50.6. The zero-order valence-corrected chi connectivity index (χ0v) is 38.1. The van der Waals surface area contributed by atoms with Crippen molar-refractivity contribution in [1.29, 1.82) is 0 Å². The van der Waals surface area contributed by atoms with Gasteiger partial charge < -0.3 is 0 Å². The summed E-state index contributed by atoms with van der Waals surface area (Å²) in [7, 11) is 0. The molecule has 0 N–H and O–H groups in total. The molecule has 10 rings (SSSR count). The zero-order chi connectivity index (χ0) is 54.0. The number of halogens is 16. The molecular formula is C60H26F16. The summed E-state index contributed by atoms with van der Waals surface area (Å²) < 4.78 is 261. The van der Waals surface area contributed by atoms with E-state index in [-0.39, 0.29) is 22.3 Å². The molecule has 0 aliphatic rings. The summed E-state index contributed by atoms with van der Waals surface area (Å²) in [5, 5.41) is 0. The summed E-state index contributed by atoms with van der Waals surface area (Å²) in [5.41, 5.74) is -18.9. The Balaban J connectivity index is 1.31. The predicted octanol–water partition coefficient (Wildman–Crippen LogP) is 18.9. The first-order valence-electron chi connectivity index (χ1n) is 22.4. The third-order valence-corrected chi connectivity index (χ3v) is 12.7. The van der Waals surface area contributed by atoms with Gasteiger partial charge in [-0.15, -0.1) is 0 Å². The van der Waals surface area contributed by atoms with Crippen LogP contribution in [0.4, 0.5) is 70.2 Å². The van der Waals surface area contributed by atoms with Crippen molar-refractivity contribution in [3.8, 4) is 100 Å². The van der Waals surface area contributed by atoms with Gasteiger partial charge in [-0.05, 0) is 92.0 Å². The average Bonchev–Trinajstić information content (AvgIpc) is 3.46. The Morgan fingerprint density at radius 2 is 0.250 bits per heavy atom. The summed E-state index contributed by atoms with van der Waals surface area (Å²) >= 11 is 0. The van der Waals surface area contributed by atoms with Gasteiger partial charge in [0.2, 0.25) is 0 Å². The highest BCUT2D eigenvalue weighted by atomic mass is 19.2. The lowest BCUT2D eigenvalue weighted by atomic mass is 9.87.